The largest absolute Gasteiger partial charge is 0.353 e. The van der Waals surface area contributed by atoms with Crippen LogP contribution < -0.4 is 0 Å². The first-order valence-corrected chi connectivity index (χ1v) is 5.10. The summed E-state index contributed by atoms with van der Waals surface area (Å²) in [6.07, 6.45) is 5.08. The Morgan fingerprint density at radius 3 is 2.00 bits per heavy atom. The van der Waals surface area contributed by atoms with Crippen LogP contribution in [0.3, 0.4) is 0 Å². The fraction of sp³-hybridized carbons (Fsp3) is 0.818. The first kappa shape index (κ1) is 12.7. The molecule has 0 aliphatic rings. The lowest BCUT2D eigenvalue weighted by atomic mass is 10.2. The van der Waals surface area contributed by atoms with Gasteiger partial charge in [0.05, 0.1) is 0 Å². The van der Waals surface area contributed by atoms with E-state index in [4.69, 9.17) is 9.47 Å². The SMILES string of the molecule is CCOC(CC=CC(C)C)OCC. The maximum Gasteiger partial charge on any atom is 0.160 e. The first-order chi connectivity index (χ1) is 6.20. The minimum Gasteiger partial charge on any atom is -0.353 e. The number of rotatable bonds is 7. The summed E-state index contributed by atoms with van der Waals surface area (Å²) in [6.45, 7) is 9.70. The van der Waals surface area contributed by atoms with Gasteiger partial charge in [-0.1, -0.05) is 26.0 Å². The molecule has 0 saturated heterocycles. The lowest BCUT2D eigenvalue weighted by Crippen LogP contribution is -2.16. The Hall–Kier alpha value is -0.340. The molecule has 2 nitrogen and oxygen atoms in total. The third-order valence-corrected chi connectivity index (χ3v) is 1.55. The van der Waals surface area contributed by atoms with Crippen molar-refractivity contribution in [2.45, 2.75) is 40.4 Å². The van der Waals surface area contributed by atoms with Crippen molar-refractivity contribution in [3.63, 3.8) is 0 Å². The lowest BCUT2D eigenvalue weighted by Gasteiger charge is -2.14. The van der Waals surface area contributed by atoms with Crippen molar-refractivity contribution >= 4 is 0 Å². The van der Waals surface area contributed by atoms with E-state index >= 15 is 0 Å². The van der Waals surface area contributed by atoms with Gasteiger partial charge in [-0.05, 0) is 19.8 Å². The predicted molar refractivity (Wildman–Crippen MR) is 55.6 cm³/mol. The van der Waals surface area contributed by atoms with E-state index in [0.29, 0.717) is 19.1 Å². The van der Waals surface area contributed by atoms with Crippen LogP contribution in [-0.2, 0) is 9.47 Å². The van der Waals surface area contributed by atoms with Gasteiger partial charge in [0.15, 0.2) is 6.29 Å². The van der Waals surface area contributed by atoms with Crippen molar-refractivity contribution in [1.29, 1.82) is 0 Å². The highest BCUT2D eigenvalue weighted by Crippen LogP contribution is 2.04. The number of hydrogen-bond acceptors (Lipinski definition) is 2. The Morgan fingerprint density at radius 2 is 1.62 bits per heavy atom. The number of allylic oxidation sites excluding steroid dienone is 1. The molecule has 0 rings (SSSR count). The zero-order valence-electron chi connectivity index (χ0n) is 9.25. The molecule has 0 N–H and O–H groups in total. The molecule has 0 atom stereocenters. The zero-order chi connectivity index (χ0) is 10.1. The van der Waals surface area contributed by atoms with Crippen LogP contribution in [0.15, 0.2) is 12.2 Å². The second-order valence-corrected chi connectivity index (χ2v) is 3.25. The van der Waals surface area contributed by atoms with Crippen LogP contribution in [-0.4, -0.2) is 19.5 Å². The van der Waals surface area contributed by atoms with E-state index in [1.54, 1.807) is 0 Å². The summed E-state index contributed by atoms with van der Waals surface area (Å²) >= 11 is 0. The van der Waals surface area contributed by atoms with Crippen LogP contribution in [0.4, 0.5) is 0 Å². The molecule has 0 aliphatic heterocycles. The molecule has 0 fully saturated rings. The molecule has 0 spiro atoms. The molecule has 0 saturated carbocycles. The third-order valence-electron chi connectivity index (χ3n) is 1.55. The van der Waals surface area contributed by atoms with Crippen molar-refractivity contribution < 1.29 is 9.47 Å². The van der Waals surface area contributed by atoms with Crippen LogP contribution in [0.2, 0.25) is 0 Å². The molecule has 0 unspecified atom stereocenters. The summed E-state index contributed by atoms with van der Waals surface area (Å²) in [6, 6.07) is 0. The molecule has 0 heterocycles. The number of hydrogen-bond donors (Lipinski definition) is 0. The summed E-state index contributed by atoms with van der Waals surface area (Å²) in [5.74, 6) is 0.601. The summed E-state index contributed by atoms with van der Waals surface area (Å²) in [5.41, 5.74) is 0. The van der Waals surface area contributed by atoms with Gasteiger partial charge < -0.3 is 9.47 Å². The van der Waals surface area contributed by atoms with Gasteiger partial charge in [-0.25, -0.2) is 0 Å². The fourth-order valence-corrected chi connectivity index (χ4v) is 1.02. The van der Waals surface area contributed by atoms with E-state index in [-0.39, 0.29) is 6.29 Å². The van der Waals surface area contributed by atoms with Crippen molar-refractivity contribution in [3.05, 3.63) is 12.2 Å². The molecular weight excluding hydrogens is 164 g/mol. The topological polar surface area (TPSA) is 18.5 Å². The van der Waals surface area contributed by atoms with Crippen molar-refractivity contribution in [3.8, 4) is 0 Å². The predicted octanol–water partition coefficient (Wildman–Crippen LogP) is 2.99. The molecule has 0 aromatic rings. The van der Waals surface area contributed by atoms with E-state index < -0.39 is 0 Å². The highest BCUT2D eigenvalue weighted by Gasteiger charge is 2.04. The highest BCUT2D eigenvalue weighted by atomic mass is 16.7. The van der Waals surface area contributed by atoms with Crippen LogP contribution in [0, 0.1) is 5.92 Å². The van der Waals surface area contributed by atoms with E-state index in [9.17, 15) is 0 Å². The van der Waals surface area contributed by atoms with Gasteiger partial charge in [-0.2, -0.15) is 0 Å². The maximum absolute atomic E-state index is 5.39. The number of ether oxygens (including phenoxy) is 2. The van der Waals surface area contributed by atoms with Gasteiger partial charge in [0.2, 0.25) is 0 Å². The molecule has 13 heavy (non-hydrogen) atoms. The summed E-state index contributed by atoms with van der Waals surface area (Å²) in [4.78, 5) is 0. The van der Waals surface area contributed by atoms with Gasteiger partial charge in [-0.3, -0.25) is 0 Å². The molecule has 0 radical (unpaired) electrons. The van der Waals surface area contributed by atoms with Gasteiger partial charge >= 0.3 is 0 Å². The molecule has 0 bridgehead atoms. The average Bonchev–Trinajstić information content (AvgIpc) is 2.04. The van der Waals surface area contributed by atoms with Crippen LogP contribution in [0.25, 0.3) is 0 Å². The Morgan fingerprint density at radius 1 is 1.08 bits per heavy atom. The first-order valence-electron chi connectivity index (χ1n) is 5.10. The van der Waals surface area contributed by atoms with E-state index in [1.165, 1.54) is 0 Å². The molecule has 0 aliphatic carbocycles. The Bertz CT molecular complexity index is 124. The van der Waals surface area contributed by atoms with E-state index in [1.807, 2.05) is 13.8 Å². The van der Waals surface area contributed by atoms with Crippen molar-refractivity contribution in [1.82, 2.24) is 0 Å². The van der Waals surface area contributed by atoms with Crippen LogP contribution in [0.1, 0.15) is 34.1 Å². The quantitative estimate of drug-likeness (QED) is 0.449. The van der Waals surface area contributed by atoms with E-state index in [0.717, 1.165) is 6.42 Å². The van der Waals surface area contributed by atoms with Gasteiger partial charge in [-0.15, -0.1) is 0 Å². The van der Waals surface area contributed by atoms with Crippen LogP contribution in [0.5, 0.6) is 0 Å². The molecule has 78 valence electrons. The van der Waals surface area contributed by atoms with Crippen molar-refractivity contribution in [2.24, 2.45) is 5.92 Å². The van der Waals surface area contributed by atoms with Gasteiger partial charge in [0.25, 0.3) is 0 Å². The highest BCUT2D eigenvalue weighted by molar-refractivity contribution is 4.85. The Balaban J connectivity index is 3.67. The smallest absolute Gasteiger partial charge is 0.160 e. The average molecular weight is 186 g/mol. The van der Waals surface area contributed by atoms with Gasteiger partial charge in [0.1, 0.15) is 0 Å². The second kappa shape index (κ2) is 8.27. The third kappa shape index (κ3) is 8.00. The zero-order valence-corrected chi connectivity index (χ0v) is 9.25. The Kier molecular flexibility index (Phi) is 8.05. The summed E-state index contributed by atoms with van der Waals surface area (Å²) in [5, 5.41) is 0. The second-order valence-electron chi connectivity index (χ2n) is 3.25. The maximum atomic E-state index is 5.39. The minimum absolute atomic E-state index is 0.0648. The summed E-state index contributed by atoms with van der Waals surface area (Å²) in [7, 11) is 0. The molecule has 0 amide bonds. The fourth-order valence-electron chi connectivity index (χ4n) is 1.02. The standard InChI is InChI=1S/C11H22O2/c1-5-12-11(13-6-2)9-7-8-10(3)4/h7-8,10-11H,5-6,9H2,1-4H3. The molecule has 2 heteroatoms. The van der Waals surface area contributed by atoms with Crippen LogP contribution >= 0.6 is 0 Å². The van der Waals surface area contributed by atoms with Crippen molar-refractivity contribution in [2.75, 3.05) is 13.2 Å². The minimum atomic E-state index is -0.0648. The monoisotopic (exact) mass is 186 g/mol. The molecule has 0 aromatic heterocycles. The molecular formula is C11H22O2. The summed E-state index contributed by atoms with van der Waals surface area (Å²) < 4.78 is 10.8. The Labute approximate surface area is 81.9 Å². The lowest BCUT2D eigenvalue weighted by molar-refractivity contribution is -0.133. The van der Waals surface area contributed by atoms with E-state index in [2.05, 4.69) is 26.0 Å². The normalized spacial score (nSPS) is 12.2. The molecule has 0 aromatic carbocycles. The van der Waals surface area contributed by atoms with Gasteiger partial charge in [0, 0.05) is 19.6 Å².